The first-order chi connectivity index (χ1) is 12.0. The van der Waals surface area contributed by atoms with E-state index in [1.165, 1.54) is 6.33 Å². The minimum atomic E-state index is -0.251. The number of nitrogen functional groups attached to an aromatic ring is 1. The van der Waals surface area contributed by atoms with Crippen LogP contribution >= 0.6 is 0 Å². The maximum absolute atomic E-state index is 12.2. The summed E-state index contributed by atoms with van der Waals surface area (Å²) in [6.45, 7) is 5.59. The molecule has 3 rings (SSSR count). The van der Waals surface area contributed by atoms with E-state index in [4.69, 9.17) is 5.73 Å². The van der Waals surface area contributed by atoms with Crippen LogP contribution in [0.4, 0.5) is 17.3 Å². The molecule has 25 heavy (non-hydrogen) atoms. The first-order valence-corrected chi connectivity index (χ1v) is 8.21. The lowest BCUT2D eigenvalue weighted by Gasteiger charge is -2.33. The van der Waals surface area contributed by atoms with E-state index in [2.05, 4.69) is 37.7 Å². The van der Waals surface area contributed by atoms with Crippen LogP contribution in [0.3, 0.4) is 0 Å². The molecule has 1 amide bonds. The second kappa shape index (κ2) is 7.35. The van der Waals surface area contributed by atoms with Gasteiger partial charge in [0, 0.05) is 31.7 Å². The van der Waals surface area contributed by atoms with Crippen LogP contribution in [0.15, 0.2) is 30.6 Å². The third-order valence-electron chi connectivity index (χ3n) is 4.27. The Hall–Kier alpha value is -2.87. The Kier molecular flexibility index (Phi) is 4.99. The second-order valence-electron chi connectivity index (χ2n) is 6.20. The Bertz CT molecular complexity index is 739. The zero-order chi connectivity index (χ0) is 17.8. The summed E-state index contributed by atoms with van der Waals surface area (Å²) in [5, 5.41) is 0. The second-order valence-corrected chi connectivity index (χ2v) is 6.20. The number of anilines is 3. The van der Waals surface area contributed by atoms with Gasteiger partial charge < -0.3 is 15.5 Å². The SMILES string of the molecule is Cc1ccc(C(=O)NNc2ncnc(N3CCN(C)CC3)c2N)cc1. The van der Waals surface area contributed by atoms with E-state index >= 15 is 0 Å². The highest BCUT2D eigenvalue weighted by Gasteiger charge is 2.19. The van der Waals surface area contributed by atoms with E-state index < -0.39 is 0 Å². The fraction of sp³-hybridized carbons (Fsp3) is 0.353. The number of nitrogens with two attached hydrogens (primary N) is 1. The topological polar surface area (TPSA) is 99.4 Å². The monoisotopic (exact) mass is 341 g/mol. The van der Waals surface area contributed by atoms with Crippen molar-refractivity contribution < 1.29 is 4.79 Å². The number of amides is 1. The number of benzene rings is 1. The lowest BCUT2D eigenvalue weighted by atomic mass is 10.1. The third-order valence-corrected chi connectivity index (χ3v) is 4.27. The zero-order valence-electron chi connectivity index (χ0n) is 14.5. The molecule has 0 aliphatic carbocycles. The molecule has 8 nitrogen and oxygen atoms in total. The normalized spacial score (nSPS) is 15.0. The van der Waals surface area contributed by atoms with Crippen molar-refractivity contribution in [2.75, 3.05) is 49.3 Å². The Morgan fingerprint density at radius 3 is 2.48 bits per heavy atom. The molecule has 1 fully saturated rings. The fourth-order valence-electron chi connectivity index (χ4n) is 2.65. The molecule has 2 heterocycles. The summed E-state index contributed by atoms with van der Waals surface area (Å²) >= 11 is 0. The predicted molar refractivity (Wildman–Crippen MR) is 98.4 cm³/mol. The number of nitrogens with one attached hydrogen (secondary N) is 2. The molecule has 1 saturated heterocycles. The summed E-state index contributed by atoms with van der Waals surface area (Å²) in [7, 11) is 2.09. The highest BCUT2D eigenvalue weighted by Crippen LogP contribution is 2.26. The smallest absolute Gasteiger partial charge is 0.269 e. The molecule has 1 aromatic heterocycles. The van der Waals surface area contributed by atoms with Gasteiger partial charge in [0.25, 0.3) is 5.91 Å². The summed E-state index contributed by atoms with van der Waals surface area (Å²) in [6.07, 6.45) is 1.45. The van der Waals surface area contributed by atoms with Crippen molar-refractivity contribution in [2.45, 2.75) is 6.92 Å². The van der Waals surface area contributed by atoms with Crippen LogP contribution < -0.4 is 21.5 Å². The molecule has 2 aromatic rings. The summed E-state index contributed by atoms with van der Waals surface area (Å²) in [5.74, 6) is 0.832. The fourth-order valence-corrected chi connectivity index (χ4v) is 2.65. The van der Waals surface area contributed by atoms with E-state index in [0.717, 1.165) is 31.7 Å². The molecule has 0 spiro atoms. The number of hydrazine groups is 1. The quantitative estimate of drug-likeness (QED) is 0.710. The van der Waals surface area contributed by atoms with Crippen molar-refractivity contribution >= 4 is 23.2 Å². The Morgan fingerprint density at radius 2 is 1.80 bits per heavy atom. The number of hydrogen-bond acceptors (Lipinski definition) is 7. The largest absolute Gasteiger partial charge is 0.393 e. The van der Waals surface area contributed by atoms with Gasteiger partial charge in [0.1, 0.15) is 12.0 Å². The van der Waals surface area contributed by atoms with Gasteiger partial charge >= 0.3 is 0 Å². The Balaban J connectivity index is 1.67. The number of rotatable bonds is 4. The van der Waals surface area contributed by atoms with Crippen LogP contribution in [0.1, 0.15) is 15.9 Å². The molecule has 1 aromatic carbocycles. The van der Waals surface area contributed by atoms with Crippen LogP contribution in [0.25, 0.3) is 0 Å². The Morgan fingerprint density at radius 1 is 1.12 bits per heavy atom. The number of aryl methyl sites for hydroxylation is 1. The molecule has 0 radical (unpaired) electrons. The van der Waals surface area contributed by atoms with Crippen LogP contribution in [0.5, 0.6) is 0 Å². The molecular formula is C17H23N7O. The number of nitrogens with zero attached hydrogens (tertiary/aromatic N) is 4. The van der Waals surface area contributed by atoms with Gasteiger partial charge in [0.2, 0.25) is 0 Å². The van der Waals surface area contributed by atoms with Gasteiger partial charge in [-0.25, -0.2) is 9.97 Å². The molecular weight excluding hydrogens is 318 g/mol. The molecule has 1 aliphatic rings. The first-order valence-electron chi connectivity index (χ1n) is 8.21. The maximum Gasteiger partial charge on any atom is 0.269 e. The van der Waals surface area contributed by atoms with Gasteiger partial charge in [-0.2, -0.15) is 0 Å². The molecule has 0 atom stereocenters. The van der Waals surface area contributed by atoms with Crippen molar-refractivity contribution in [1.82, 2.24) is 20.3 Å². The number of hydrogen-bond donors (Lipinski definition) is 3. The van der Waals surface area contributed by atoms with Gasteiger partial charge in [-0.15, -0.1) is 0 Å². The van der Waals surface area contributed by atoms with Crippen molar-refractivity contribution in [3.63, 3.8) is 0 Å². The van der Waals surface area contributed by atoms with Crippen molar-refractivity contribution in [3.8, 4) is 0 Å². The summed E-state index contributed by atoms with van der Waals surface area (Å²) in [4.78, 5) is 25.0. The van der Waals surface area contributed by atoms with Gasteiger partial charge in [-0.05, 0) is 26.1 Å². The average Bonchev–Trinajstić information content (AvgIpc) is 2.62. The standard InChI is InChI=1S/C17H23N7O/c1-12-3-5-13(6-4-12)17(25)22-21-15-14(18)16(20-11-19-15)24-9-7-23(2)8-10-24/h3-6,11H,7-10,18H2,1-2H3,(H,22,25)(H,19,20,21). The number of carbonyl (C=O) groups excluding carboxylic acids is 1. The van der Waals surface area contributed by atoms with E-state index in [0.29, 0.717) is 22.9 Å². The highest BCUT2D eigenvalue weighted by atomic mass is 16.2. The minimum Gasteiger partial charge on any atom is -0.393 e. The van der Waals surface area contributed by atoms with Crippen LogP contribution in [-0.4, -0.2) is 54.0 Å². The molecule has 1 aliphatic heterocycles. The Labute approximate surface area is 147 Å². The number of carbonyl (C=O) groups is 1. The van der Waals surface area contributed by atoms with E-state index in [1.54, 1.807) is 12.1 Å². The molecule has 0 unspecified atom stereocenters. The van der Waals surface area contributed by atoms with E-state index in [9.17, 15) is 4.79 Å². The number of likely N-dealkylation sites (N-methyl/N-ethyl adjacent to an activating group) is 1. The van der Waals surface area contributed by atoms with Gasteiger partial charge in [-0.1, -0.05) is 17.7 Å². The van der Waals surface area contributed by atoms with Crippen LogP contribution in [0, 0.1) is 6.92 Å². The average molecular weight is 341 g/mol. The van der Waals surface area contributed by atoms with Crippen LogP contribution in [-0.2, 0) is 0 Å². The van der Waals surface area contributed by atoms with Crippen molar-refractivity contribution in [3.05, 3.63) is 41.7 Å². The maximum atomic E-state index is 12.2. The molecule has 0 bridgehead atoms. The lowest BCUT2D eigenvalue weighted by molar-refractivity contribution is 0.0962. The number of piperazine rings is 1. The van der Waals surface area contributed by atoms with Crippen molar-refractivity contribution in [1.29, 1.82) is 0 Å². The number of aromatic nitrogens is 2. The molecule has 132 valence electrons. The lowest BCUT2D eigenvalue weighted by Crippen LogP contribution is -2.45. The minimum absolute atomic E-state index is 0.251. The van der Waals surface area contributed by atoms with Crippen molar-refractivity contribution in [2.24, 2.45) is 0 Å². The van der Waals surface area contributed by atoms with E-state index in [-0.39, 0.29) is 5.91 Å². The molecule has 0 saturated carbocycles. The molecule has 4 N–H and O–H groups in total. The summed E-state index contributed by atoms with van der Waals surface area (Å²) in [5.41, 5.74) is 13.7. The third kappa shape index (κ3) is 3.97. The summed E-state index contributed by atoms with van der Waals surface area (Å²) in [6, 6.07) is 7.32. The zero-order valence-corrected chi connectivity index (χ0v) is 14.5. The highest BCUT2D eigenvalue weighted by molar-refractivity contribution is 5.95. The van der Waals surface area contributed by atoms with Gasteiger partial charge in [-0.3, -0.25) is 15.6 Å². The first kappa shape index (κ1) is 17.0. The van der Waals surface area contributed by atoms with Crippen LogP contribution in [0.2, 0.25) is 0 Å². The summed E-state index contributed by atoms with van der Waals surface area (Å²) < 4.78 is 0. The van der Waals surface area contributed by atoms with Gasteiger partial charge in [0.15, 0.2) is 11.6 Å². The van der Waals surface area contributed by atoms with Gasteiger partial charge in [0.05, 0.1) is 0 Å². The van der Waals surface area contributed by atoms with E-state index in [1.807, 2.05) is 19.1 Å². The predicted octanol–water partition coefficient (Wildman–Crippen LogP) is 0.876. The molecule has 8 heteroatoms.